The summed E-state index contributed by atoms with van der Waals surface area (Å²) in [5, 5.41) is 3.24. The number of anilines is 1. The number of nitrogens with one attached hydrogen (secondary N) is 2. The van der Waals surface area contributed by atoms with E-state index in [1.54, 1.807) is 49.4 Å². The van der Waals surface area contributed by atoms with Crippen molar-refractivity contribution in [3.8, 4) is 11.4 Å². The minimum atomic E-state index is -0.573. The number of hydrogen-bond donors (Lipinski definition) is 2. The van der Waals surface area contributed by atoms with E-state index in [0.717, 1.165) is 28.3 Å². The largest absolute Gasteiger partial charge is 0.452 e. The lowest BCUT2D eigenvalue weighted by atomic mass is 10.1. The highest BCUT2D eigenvalue weighted by atomic mass is 35.5. The zero-order chi connectivity index (χ0) is 20.3. The zero-order valence-corrected chi connectivity index (χ0v) is 16.6. The average Bonchev–Trinajstić information content (AvgIpc) is 3.02. The second kappa shape index (κ2) is 8.27. The lowest BCUT2D eigenvalue weighted by Crippen LogP contribution is -2.21. The molecule has 0 unspecified atom stereocenters. The molecule has 0 atom stereocenters. The van der Waals surface area contributed by atoms with Crippen LogP contribution < -0.4 is 5.32 Å². The highest BCUT2D eigenvalue weighted by molar-refractivity contribution is 6.31. The number of nitrogens with zero attached hydrogens (tertiary/aromatic N) is 1. The number of hydrogen-bond acceptors (Lipinski definition) is 4. The molecular weight excluding hydrogens is 378 g/mol. The fourth-order valence-electron chi connectivity index (χ4n) is 2.59. The first-order valence-electron chi connectivity index (χ1n) is 8.71. The number of carbonyl (C=O) groups is 2. The summed E-state index contributed by atoms with van der Waals surface area (Å²) in [6, 6.07) is 12.1. The third-order valence-electron chi connectivity index (χ3n) is 4.40. The summed E-state index contributed by atoms with van der Waals surface area (Å²) in [5.41, 5.74) is 4.49. The number of halogens is 1. The van der Waals surface area contributed by atoms with Gasteiger partial charge in [-0.1, -0.05) is 29.8 Å². The number of esters is 1. The summed E-state index contributed by atoms with van der Waals surface area (Å²) in [5.74, 6) is -0.264. The number of aryl methyl sites for hydroxylation is 2. The standard InChI is InChI=1S/C21H20ClN3O3/c1-12-17(22)5-4-6-18(12)25-19(26)11-28-21(27)16-9-7-15(8-10-16)20-23-13(2)14(3)24-20/h4-10H,11H2,1-3H3,(H,23,24)(H,25,26). The van der Waals surface area contributed by atoms with Crippen molar-refractivity contribution in [2.45, 2.75) is 20.8 Å². The number of amides is 1. The number of imidazole rings is 1. The molecule has 144 valence electrons. The topological polar surface area (TPSA) is 84.1 Å². The third-order valence-corrected chi connectivity index (χ3v) is 4.81. The van der Waals surface area contributed by atoms with Crippen molar-refractivity contribution in [3.05, 3.63) is 70.0 Å². The van der Waals surface area contributed by atoms with Gasteiger partial charge in [0, 0.05) is 22.0 Å². The molecule has 2 N–H and O–H groups in total. The predicted octanol–water partition coefficient (Wildman–Crippen LogP) is 4.45. The van der Waals surface area contributed by atoms with E-state index in [0.29, 0.717) is 16.3 Å². The van der Waals surface area contributed by atoms with Gasteiger partial charge in [-0.15, -0.1) is 0 Å². The average molecular weight is 398 g/mol. The number of carbonyl (C=O) groups excluding carboxylic acids is 2. The van der Waals surface area contributed by atoms with Crippen molar-refractivity contribution >= 4 is 29.2 Å². The second-order valence-electron chi connectivity index (χ2n) is 6.41. The maximum atomic E-state index is 12.2. The summed E-state index contributed by atoms with van der Waals surface area (Å²) in [6.07, 6.45) is 0. The molecule has 0 aliphatic rings. The summed E-state index contributed by atoms with van der Waals surface area (Å²) in [4.78, 5) is 31.8. The first kappa shape index (κ1) is 19.6. The van der Waals surface area contributed by atoms with Gasteiger partial charge in [0.2, 0.25) is 0 Å². The first-order valence-corrected chi connectivity index (χ1v) is 9.08. The van der Waals surface area contributed by atoms with Gasteiger partial charge < -0.3 is 15.0 Å². The van der Waals surface area contributed by atoms with Gasteiger partial charge in [-0.2, -0.15) is 0 Å². The van der Waals surface area contributed by atoms with Crippen LogP contribution in [0, 0.1) is 20.8 Å². The molecule has 1 amide bonds. The molecule has 7 heteroatoms. The van der Waals surface area contributed by atoms with Crippen LogP contribution in [0.1, 0.15) is 27.3 Å². The van der Waals surface area contributed by atoms with Crippen molar-refractivity contribution in [2.75, 3.05) is 11.9 Å². The third kappa shape index (κ3) is 4.40. The molecule has 3 rings (SSSR count). The molecular formula is C21H20ClN3O3. The molecule has 1 aromatic heterocycles. The maximum Gasteiger partial charge on any atom is 0.338 e. The number of aromatic amines is 1. The first-order chi connectivity index (χ1) is 13.3. The normalized spacial score (nSPS) is 10.6. The molecule has 0 saturated carbocycles. The highest BCUT2D eigenvalue weighted by Crippen LogP contribution is 2.23. The van der Waals surface area contributed by atoms with E-state index in [9.17, 15) is 9.59 Å². The van der Waals surface area contributed by atoms with Crippen LogP contribution in [0.5, 0.6) is 0 Å². The van der Waals surface area contributed by atoms with E-state index in [2.05, 4.69) is 15.3 Å². The number of benzene rings is 2. The van der Waals surface area contributed by atoms with Crippen LogP contribution >= 0.6 is 11.6 Å². The molecule has 3 aromatic rings. The van der Waals surface area contributed by atoms with Crippen molar-refractivity contribution < 1.29 is 14.3 Å². The van der Waals surface area contributed by atoms with E-state index in [1.165, 1.54) is 0 Å². The smallest absolute Gasteiger partial charge is 0.338 e. The van der Waals surface area contributed by atoms with Gasteiger partial charge in [-0.25, -0.2) is 9.78 Å². The van der Waals surface area contributed by atoms with Gasteiger partial charge in [-0.3, -0.25) is 4.79 Å². The fourth-order valence-corrected chi connectivity index (χ4v) is 2.77. The van der Waals surface area contributed by atoms with E-state index >= 15 is 0 Å². The van der Waals surface area contributed by atoms with Crippen molar-refractivity contribution in [1.82, 2.24) is 9.97 Å². The second-order valence-corrected chi connectivity index (χ2v) is 6.82. The van der Waals surface area contributed by atoms with E-state index < -0.39 is 11.9 Å². The van der Waals surface area contributed by atoms with Crippen LogP contribution in [-0.4, -0.2) is 28.5 Å². The van der Waals surface area contributed by atoms with Crippen molar-refractivity contribution in [3.63, 3.8) is 0 Å². The SMILES string of the molecule is Cc1nc(-c2ccc(C(=O)OCC(=O)Nc3cccc(Cl)c3C)cc2)[nH]c1C. The van der Waals surface area contributed by atoms with E-state index in [1.807, 2.05) is 13.8 Å². The summed E-state index contributed by atoms with van der Waals surface area (Å²) >= 11 is 6.03. The lowest BCUT2D eigenvalue weighted by molar-refractivity contribution is -0.119. The summed E-state index contributed by atoms with van der Waals surface area (Å²) in [6.45, 7) is 5.29. The Kier molecular flexibility index (Phi) is 5.80. The molecule has 2 aromatic carbocycles. The Labute approximate surface area is 167 Å². The Morgan fingerprint density at radius 3 is 2.46 bits per heavy atom. The van der Waals surface area contributed by atoms with Crippen LogP contribution in [-0.2, 0) is 9.53 Å². The molecule has 0 bridgehead atoms. The molecule has 0 spiro atoms. The minimum absolute atomic E-state index is 0.357. The summed E-state index contributed by atoms with van der Waals surface area (Å²) in [7, 11) is 0. The van der Waals surface area contributed by atoms with E-state index in [4.69, 9.17) is 16.3 Å². The van der Waals surface area contributed by atoms with Gasteiger partial charge in [0.15, 0.2) is 6.61 Å². The van der Waals surface area contributed by atoms with Crippen LogP contribution in [0.4, 0.5) is 5.69 Å². The zero-order valence-electron chi connectivity index (χ0n) is 15.8. The maximum absolute atomic E-state index is 12.2. The highest BCUT2D eigenvalue weighted by Gasteiger charge is 2.13. The van der Waals surface area contributed by atoms with Crippen molar-refractivity contribution in [1.29, 1.82) is 0 Å². The fraction of sp³-hybridized carbons (Fsp3) is 0.190. The van der Waals surface area contributed by atoms with E-state index in [-0.39, 0.29) is 6.61 Å². The van der Waals surface area contributed by atoms with Crippen LogP contribution in [0.15, 0.2) is 42.5 Å². The van der Waals surface area contributed by atoms with Gasteiger partial charge in [0.25, 0.3) is 5.91 Å². The molecule has 0 aliphatic carbocycles. The quantitative estimate of drug-likeness (QED) is 0.623. The molecule has 28 heavy (non-hydrogen) atoms. The van der Waals surface area contributed by atoms with Crippen molar-refractivity contribution in [2.24, 2.45) is 0 Å². The van der Waals surface area contributed by atoms with Crippen LogP contribution in [0.3, 0.4) is 0 Å². The number of aromatic nitrogens is 2. The molecule has 1 heterocycles. The minimum Gasteiger partial charge on any atom is -0.452 e. The van der Waals surface area contributed by atoms with Crippen LogP contribution in [0.25, 0.3) is 11.4 Å². The van der Waals surface area contributed by atoms with Gasteiger partial charge in [0.05, 0.1) is 11.3 Å². The Balaban J connectivity index is 1.58. The number of H-pyrrole nitrogens is 1. The Morgan fingerprint density at radius 2 is 1.82 bits per heavy atom. The molecule has 0 fully saturated rings. The Morgan fingerprint density at radius 1 is 1.11 bits per heavy atom. The van der Waals surface area contributed by atoms with Gasteiger partial charge in [0.1, 0.15) is 5.82 Å². The molecule has 0 aliphatic heterocycles. The predicted molar refractivity (Wildman–Crippen MR) is 109 cm³/mol. The van der Waals surface area contributed by atoms with Gasteiger partial charge >= 0.3 is 5.97 Å². The Bertz CT molecular complexity index is 1010. The molecule has 0 saturated heterocycles. The summed E-state index contributed by atoms with van der Waals surface area (Å²) < 4.78 is 5.09. The molecule has 6 nitrogen and oxygen atoms in total. The molecule has 0 radical (unpaired) electrons. The Hall–Kier alpha value is -3.12. The van der Waals surface area contributed by atoms with Gasteiger partial charge in [-0.05, 0) is 50.6 Å². The lowest BCUT2D eigenvalue weighted by Gasteiger charge is -2.10. The monoisotopic (exact) mass is 397 g/mol. The van der Waals surface area contributed by atoms with Crippen LogP contribution in [0.2, 0.25) is 5.02 Å². The number of ether oxygens (including phenoxy) is 1. The number of rotatable bonds is 5.